The lowest BCUT2D eigenvalue weighted by Crippen LogP contribution is -2.38. The molecule has 1 amide bonds. The highest BCUT2D eigenvalue weighted by Crippen LogP contribution is 2.24. The number of hydrogen-bond donors (Lipinski definition) is 1. The number of ether oxygens (including phenoxy) is 1. The van der Waals surface area contributed by atoms with Gasteiger partial charge in [0, 0.05) is 32.0 Å². The summed E-state index contributed by atoms with van der Waals surface area (Å²) in [4.78, 5) is 24.8. The third kappa shape index (κ3) is 4.64. The number of esters is 1. The van der Waals surface area contributed by atoms with E-state index in [1.165, 1.54) is 7.11 Å². The van der Waals surface area contributed by atoms with Gasteiger partial charge in [0.2, 0.25) is 5.91 Å². The Morgan fingerprint density at radius 1 is 1.28 bits per heavy atom. The Morgan fingerprint density at radius 3 is 2.44 bits per heavy atom. The fourth-order valence-electron chi connectivity index (χ4n) is 2.35. The molecule has 0 aromatic heterocycles. The molecule has 104 valence electrons. The highest BCUT2D eigenvalue weighted by Gasteiger charge is 2.26. The number of nitrogens with two attached hydrogens (primary N) is 1. The predicted molar refractivity (Wildman–Crippen MR) is 68.8 cm³/mol. The van der Waals surface area contributed by atoms with E-state index in [0.29, 0.717) is 19.4 Å². The molecule has 0 unspecified atom stereocenters. The van der Waals surface area contributed by atoms with Gasteiger partial charge in [-0.15, -0.1) is 0 Å². The van der Waals surface area contributed by atoms with Gasteiger partial charge in [-0.3, -0.25) is 9.59 Å². The van der Waals surface area contributed by atoms with Crippen molar-refractivity contribution >= 4 is 11.9 Å². The van der Waals surface area contributed by atoms with E-state index < -0.39 is 0 Å². The number of carbonyl (C=O) groups excluding carboxylic acids is 2. The van der Waals surface area contributed by atoms with Crippen LogP contribution in [0.25, 0.3) is 0 Å². The zero-order valence-corrected chi connectivity index (χ0v) is 11.4. The highest BCUT2D eigenvalue weighted by molar-refractivity contribution is 5.78. The van der Waals surface area contributed by atoms with E-state index in [1.807, 2.05) is 0 Å². The van der Waals surface area contributed by atoms with Crippen LogP contribution in [-0.4, -0.2) is 43.5 Å². The maximum atomic E-state index is 12.1. The number of carbonyl (C=O) groups is 2. The van der Waals surface area contributed by atoms with Crippen LogP contribution in [0.3, 0.4) is 0 Å². The normalized spacial score (nSPS) is 23.5. The van der Waals surface area contributed by atoms with Crippen molar-refractivity contribution in [3.05, 3.63) is 0 Å². The SMILES string of the molecule is COC(=O)CCCN(C)C(=O)C1CCC(N)CC1. The summed E-state index contributed by atoms with van der Waals surface area (Å²) >= 11 is 0. The van der Waals surface area contributed by atoms with Crippen LogP contribution in [0.1, 0.15) is 38.5 Å². The third-order valence-electron chi connectivity index (χ3n) is 3.60. The molecule has 1 aliphatic carbocycles. The summed E-state index contributed by atoms with van der Waals surface area (Å²) in [5.41, 5.74) is 5.83. The van der Waals surface area contributed by atoms with Crippen molar-refractivity contribution in [2.75, 3.05) is 20.7 Å². The van der Waals surface area contributed by atoms with Gasteiger partial charge in [-0.25, -0.2) is 0 Å². The molecule has 5 heteroatoms. The standard InChI is InChI=1S/C13H24N2O3/c1-15(9-3-4-12(16)18-2)13(17)10-5-7-11(14)8-6-10/h10-11H,3-9,14H2,1-2H3. The van der Waals surface area contributed by atoms with Gasteiger partial charge in [-0.1, -0.05) is 0 Å². The Hall–Kier alpha value is -1.10. The van der Waals surface area contributed by atoms with Gasteiger partial charge in [0.25, 0.3) is 0 Å². The Bertz CT molecular complexity index is 286. The zero-order chi connectivity index (χ0) is 13.5. The lowest BCUT2D eigenvalue weighted by atomic mass is 9.85. The summed E-state index contributed by atoms with van der Waals surface area (Å²) in [6.07, 6.45) is 4.67. The van der Waals surface area contributed by atoms with Crippen LogP contribution in [0, 0.1) is 5.92 Å². The van der Waals surface area contributed by atoms with E-state index in [2.05, 4.69) is 4.74 Å². The maximum Gasteiger partial charge on any atom is 0.305 e. The summed E-state index contributed by atoms with van der Waals surface area (Å²) in [7, 11) is 3.18. The highest BCUT2D eigenvalue weighted by atomic mass is 16.5. The lowest BCUT2D eigenvalue weighted by Gasteiger charge is -2.28. The van der Waals surface area contributed by atoms with E-state index in [-0.39, 0.29) is 23.8 Å². The van der Waals surface area contributed by atoms with E-state index in [9.17, 15) is 9.59 Å². The first-order chi connectivity index (χ1) is 8.54. The molecule has 18 heavy (non-hydrogen) atoms. The van der Waals surface area contributed by atoms with Crippen molar-refractivity contribution < 1.29 is 14.3 Å². The van der Waals surface area contributed by atoms with E-state index in [1.54, 1.807) is 11.9 Å². The average Bonchev–Trinajstić information content (AvgIpc) is 2.38. The molecule has 0 radical (unpaired) electrons. The van der Waals surface area contributed by atoms with Crippen LogP contribution >= 0.6 is 0 Å². The second-order valence-electron chi connectivity index (χ2n) is 5.05. The van der Waals surface area contributed by atoms with Crippen LogP contribution in [0.2, 0.25) is 0 Å². The minimum absolute atomic E-state index is 0.118. The molecular formula is C13H24N2O3. The maximum absolute atomic E-state index is 12.1. The molecule has 0 aliphatic heterocycles. The molecule has 0 saturated heterocycles. The monoisotopic (exact) mass is 256 g/mol. The first-order valence-corrected chi connectivity index (χ1v) is 6.62. The van der Waals surface area contributed by atoms with E-state index in [4.69, 9.17) is 5.73 Å². The van der Waals surface area contributed by atoms with Gasteiger partial charge in [-0.2, -0.15) is 0 Å². The van der Waals surface area contributed by atoms with Crippen molar-refractivity contribution in [3.63, 3.8) is 0 Å². The summed E-state index contributed by atoms with van der Waals surface area (Å²) in [6, 6.07) is 0.263. The molecule has 0 heterocycles. The smallest absolute Gasteiger partial charge is 0.305 e. The van der Waals surface area contributed by atoms with Crippen molar-refractivity contribution in [2.45, 2.75) is 44.6 Å². The van der Waals surface area contributed by atoms with Gasteiger partial charge in [-0.05, 0) is 32.1 Å². The first kappa shape index (κ1) is 15.0. The molecule has 1 aliphatic rings. The third-order valence-corrected chi connectivity index (χ3v) is 3.60. The average molecular weight is 256 g/mol. The number of rotatable bonds is 5. The largest absolute Gasteiger partial charge is 0.469 e. The Labute approximate surface area is 109 Å². The lowest BCUT2D eigenvalue weighted by molar-refractivity contribution is -0.141. The van der Waals surface area contributed by atoms with Crippen LogP contribution in [-0.2, 0) is 14.3 Å². The Balaban J connectivity index is 2.26. The molecule has 0 atom stereocenters. The molecule has 0 bridgehead atoms. The van der Waals surface area contributed by atoms with Crippen LogP contribution in [0.5, 0.6) is 0 Å². The summed E-state index contributed by atoms with van der Waals surface area (Å²) in [5.74, 6) is 0.0826. The Kier molecular flexibility index (Phi) is 6.12. The number of hydrogen-bond acceptors (Lipinski definition) is 4. The van der Waals surface area contributed by atoms with Crippen LogP contribution in [0.15, 0.2) is 0 Å². The van der Waals surface area contributed by atoms with Crippen LogP contribution in [0.4, 0.5) is 0 Å². The van der Waals surface area contributed by atoms with Gasteiger partial charge in [0.15, 0.2) is 0 Å². The second kappa shape index (κ2) is 7.36. The van der Waals surface area contributed by atoms with Gasteiger partial charge < -0.3 is 15.4 Å². The quantitative estimate of drug-likeness (QED) is 0.742. The Morgan fingerprint density at radius 2 is 1.89 bits per heavy atom. The molecule has 2 N–H and O–H groups in total. The molecule has 0 aromatic carbocycles. The molecule has 0 aromatic rings. The summed E-state index contributed by atoms with van der Waals surface area (Å²) in [6.45, 7) is 0.608. The van der Waals surface area contributed by atoms with Crippen molar-refractivity contribution in [2.24, 2.45) is 11.7 Å². The van der Waals surface area contributed by atoms with Gasteiger partial charge in [0.1, 0.15) is 0 Å². The molecule has 1 fully saturated rings. The minimum atomic E-state index is -0.223. The number of nitrogens with zero attached hydrogens (tertiary/aromatic N) is 1. The van der Waals surface area contributed by atoms with Crippen molar-refractivity contribution in [1.29, 1.82) is 0 Å². The van der Waals surface area contributed by atoms with Crippen molar-refractivity contribution in [3.8, 4) is 0 Å². The topological polar surface area (TPSA) is 72.6 Å². The zero-order valence-electron chi connectivity index (χ0n) is 11.4. The molecule has 1 saturated carbocycles. The number of amides is 1. The summed E-state index contributed by atoms with van der Waals surface area (Å²) < 4.78 is 4.56. The second-order valence-corrected chi connectivity index (χ2v) is 5.05. The van der Waals surface area contributed by atoms with Gasteiger partial charge >= 0.3 is 5.97 Å². The summed E-state index contributed by atoms with van der Waals surface area (Å²) in [5, 5.41) is 0. The van der Waals surface area contributed by atoms with Crippen LogP contribution < -0.4 is 5.73 Å². The molecule has 1 rings (SSSR count). The van der Waals surface area contributed by atoms with E-state index >= 15 is 0 Å². The molecular weight excluding hydrogens is 232 g/mol. The van der Waals surface area contributed by atoms with Crippen molar-refractivity contribution in [1.82, 2.24) is 4.90 Å². The minimum Gasteiger partial charge on any atom is -0.469 e. The number of methoxy groups -OCH3 is 1. The predicted octanol–water partition coefficient (Wildman–Crippen LogP) is 0.915. The first-order valence-electron chi connectivity index (χ1n) is 6.62. The van der Waals surface area contributed by atoms with E-state index in [0.717, 1.165) is 25.7 Å². The fraction of sp³-hybridized carbons (Fsp3) is 0.846. The fourth-order valence-corrected chi connectivity index (χ4v) is 2.35. The van der Waals surface area contributed by atoms with Gasteiger partial charge in [0.05, 0.1) is 7.11 Å². The molecule has 5 nitrogen and oxygen atoms in total. The molecule has 0 spiro atoms.